The molecule has 0 saturated heterocycles. The van der Waals surface area contributed by atoms with Crippen molar-refractivity contribution in [2.45, 2.75) is 26.4 Å². The summed E-state index contributed by atoms with van der Waals surface area (Å²) >= 11 is 1.34. The van der Waals surface area contributed by atoms with Crippen LogP contribution in [0.5, 0.6) is 0 Å². The first-order valence-electron chi connectivity index (χ1n) is 6.02. The molecule has 1 atom stereocenters. The molecule has 0 spiro atoms. The van der Waals surface area contributed by atoms with Crippen LogP contribution in [-0.4, -0.2) is 35.6 Å². The van der Waals surface area contributed by atoms with Gasteiger partial charge < -0.3 is 15.2 Å². The Morgan fingerprint density at radius 3 is 2.89 bits per heavy atom. The zero-order chi connectivity index (χ0) is 14.3. The van der Waals surface area contributed by atoms with E-state index < -0.39 is 11.9 Å². The van der Waals surface area contributed by atoms with Crippen LogP contribution in [0.3, 0.4) is 0 Å². The molecule has 0 aromatic carbocycles. The number of carboxylic acids is 1. The molecule has 1 amide bonds. The standard InChI is InChI=1S/C12H18N2O4S/c1-3-4-8(12(16)17)5-13-11(15)9-7-19-10(14-9)6-18-2/h7-8H,3-6H2,1-2H3,(H,13,15)(H,16,17). The van der Waals surface area contributed by atoms with Crippen LogP contribution in [0.25, 0.3) is 0 Å². The molecule has 0 aliphatic carbocycles. The fourth-order valence-corrected chi connectivity index (χ4v) is 2.32. The highest BCUT2D eigenvalue weighted by Gasteiger charge is 2.18. The maximum absolute atomic E-state index is 11.8. The number of methoxy groups -OCH3 is 1. The van der Waals surface area contributed by atoms with Gasteiger partial charge in [0, 0.05) is 19.0 Å². The Morgan fingerprint density at radius 1 is 1.58 bits per heavy atom. The number of rotatable bonds is 8. The van der Waals surface area contributed by atoms with Gasteiger partial charge in [-0.2, -0.15) is 0 Å². The second-order valence-electron chi connectivity index (χ2n) is 4.09. The molecule has 1 aromatic heterocycles. The lowest BCUT2D eigenvalue weighted by atomic mass is 10.0. The molecule has 0 saturated carbocycles. The Hall–Kier alpha value is -1.47. The van der Waals surface area contributed by atoms with Gasteiger partial charge in [-0.15, -0.1) is 11.3 Å². The van der Waals surface area contributed by atoms with Crippen LogP contribution in [0.2, 0.25) is 0 Å². The third kappa shape index (κ3) is 4.96. The number of amides is 1. The molecule has 6 nitrogen and oxygen atoms in total. The molecule has 0 aliphatic rings. The first kappa shape index (κ1) is 15.6. The Morgan fingerprint density at radius 2 is 2.32 bits per heavy atom. The monoisotopic (exact) mass is 286 g/mol. The topological polar surface area (TPSA) is 88.5 Å². The van der Waals surface area contributed by atoms with Crippen LogP contribution in [0.1, 0.15) is 35.3 Å². The Bertz CT molecular complexity index is 433. The Balaban J connectivity index is 2.51. The molecule has 0 radical (unpaired) electrons. The van der Waals surface area contributed by atoms with Gasteiger partial charge in [0.1, 0.15) is 10.7 Å². The van der Waals surface area contributed by atoms with E-state index in [-0.39, 0.29) is 12.5 Å². The van der Waals surface area contributed by atoms with Crippen LogP contribution in [0, 0.1) is 5.92 Å². The number of carbonyl (C=O) groups is 2. The number of hydrogen-bond acceptors (Lipinski definition) is 5. The van der Waals surface area contributed by atoms with Gasteiger partial charge in [-0.3, -0.25) is 9.59 Å². The number of thiazole rings is 1. The molecule has 7 heteroatoms. The minimum atomic E-state index is -0.888. The van der Waals surface area contributed by atoms with E-state index in [0.29, 0.717) is 18.7 Å². The summed E-state index contributed by atoms with van der Waals surface area (Å²) in [7, 11) is 1.56. The van der Waals surface area contributed by atoms with Crippen molar-refractivity contribution >= 4 is 23.2 Å². The molecular formula is C12H18N2O4S. The second-order valence-corrected chi connectivity index (χ2v) is 5.04. The summed E-state index contributed by atoms with van der Waals surface area (Å²) in [5, 5.41) is 13.9. The number of carbonyl (C=O) groups excluding carboxylic acids is 1. The fourth-order valence-electron chi connectivity index (χ4n) is 1.57. The summed E-state index contributed by atoms with van der Waals surface area (Å²) in [5.41, 5.74) is 0.303. The molecule has 0 fully saturated rings. The van der Waals surface area contributed by atoms with Crippen molar-refractivity contribution < 1.29 is 19.4 Å². The highest BCUT2D eigenvalue weighted by atomic mass is 32.1. The molecule has 106 valence electrons. The normalized spacial score (nSPS) is 12.1. The fraction of sp³-hybridized carbons (Fsp3) is 0.583. The van der Waals surface area contributed by atoms with Crippen molar-refractivity contribution in [1.82, 2.24) is 10.3 Å². The van der Waals surface area contributed by atoms with Crippen molar-refractivity contribution in [3.05, 3.63) is 16.1 Å². The lowest BCUT2D eigenvalue weighted by Gasteiger charge is -2.11. The zero-order valence-corrected chi connectivity index (χ0v) is 11.8. The van der Waals surface area contributed by atoms with Crippen molar-refractivity contribution in [1.29, 1.82) is 0 Å². The van der Waals surface area contributed by atoms with Crippen LogP contribution in [0.15, 0.2) is 5.38 Å². The second kappa shape index (κ2) is 7.85. The lowest BCUT2D eigenvalue weighted by molar-refractivity contribution is -0.141. The predicted molar refractivity (Wildman–Crippen MR) is 71.2 cm³/mol. The zero-order valence-electron chi connectivity index (χ0n) is 11.0. The molecule has 1 unspecified atom stereocenters. The number of aliphatic carboxylic acids is 1. The van der Waals surface area contributed by atoms with Crippen molar-refractivity contribution in [2.75, 3.05) is 13.7 Å². The summed E-state index contributed by atoms with van der Waals surface area (Å²) in [6, 6.07) is 0. The summed E-state index contributed by atoms with van der Waals surface area (Å²) in [4.78, 5) is 26.8. The number of aromatic nitrogens is 1. The van der Waals surface area contributed by atoms with Crippen LogP contribution >= 0.6 is 11.3 Å². The highest BCUT2D eigenvalue weighted by molar-refractivity contribution is 7.09. The Labute approximate surface area is 115 Å². The predicted octanol–water partition coefficient (Wildman–Crippen LogP) is 1.52. The average Bonchev–Trinajstić information content (AvgIpc) is 2.83. The molecule has 19 heavy (non-hydrogen) atoms. The Kier molecular flexibility index (Phi) is 6.44. The van der Waals surface area contributed by atoms with Crippen LogP contribution in [-0.2, 0) is 16.1 Å². The van der Waals surface area contributed by atoms with Gasteiger partial charge in [-0.05, 0) is 6.42 Å². The van der Waals surface area contributed by atoms with E-state index in [9.17, 15) is 9.59 Å². The van der Waals surface area contributed by atoms with E-state index in [1.54, 1.807) is 12.5 Å². The van der Waals surface area contributed by atoms with E-state index in [1.807, 2.05) is 6.92 Å². The maximum atomic E-state index is 11.8. The first-order valence-corrected chi connectivity index (χ1v) is 6.90. The van der Waals surface area contributed by atoms with E-state index >= 15 is 0 Å². The van der Waals surface area contributed by atoms with Crippen LogP contribution in [0.4, 0.5) is 0 Å². The maximum Gasteiger partial charge on any atom is 0.308 e. The van der Waals surface area contributed by atoms with Gasteiger partial charge in [-0.25, -0.2) is 4.98 Å². The quantitative estimate of drug-likeness (QED) is 0.756. The van der Waals surface area contributed by atoms with E-state index in [4.69, 9.17) is 9.84 Å². The SMILES string of the molecule is CCCC(CNC(=O)c1csc(COC)n1)C(=O)O. The largest absolute Gasteiger partial charge is 0.481 e. The summed E-state index contributed by atoms with van der Waals surface area (Å²) in [6.07, 6.45) is 1.31. The minimum absolute atomic E-state index is 0.124. The number of carboxylic acid groups (broad SMARTS) is 1. The van der Waals surface area contributed by atoms with Gasteiger partial charge >= 0.3 is 5.97 Å². The minimum Gasteiger partial charge on any atom is -0.481 e. The number of ether oxygens (including phenoxy) is 1. The number of hydrogen-bond donors (Lipinski definition) is 2. The van der Waals surface area contributed by atoms with Crippen molar-refractivity contribution in [3.63, 3.8) is 0 Å². The molecule has 1 rings (SSSR count). The number of nitrogens with one attached hydrogen (secondary N) is 1. The summed E-state index contributed by atoms with van der Waals surface area (Å²) < 4.78 is 4.92. The van der Waals surface area contributed by atoms with Gasteiger partial charge in [0.2, 0.25) is 0 Å². The average molecular weight is 286 g/mol. The third-order valence-corrected chi connectivity index (χ3v) is 3.37. The van der Waals surface area contributed by atoms with Gasteiger partial charge in [0.05, 0.1) is 12.5 Å². The van der Waals surface area contributed by atoms with Gasteiger partial charge in [-0.1, -0.05) is 13.3 Å². The highest BCUT2D eigenvalue weighted by Crippen LogP contribution is 2.11. The molecule has 1 heterocycles. The molecule has 0 aliphatic heterocycles. The molecule has 0 bridgehead atoms. The number of nitrogens with zero attached hydrogens (tertiary/aromatic N) is 1. The van der Waals surface area contributed by atoms with Crippen molar-refractivity contribution in [2.24, 2.45) is 5.92 Å². The van der Waals surface area contributed by atoms with Crippen molar-refractivity contribution in [3.8, 4) is 0 Å². The van der Waals surface area contributed by atoms with Gasteiger partial charge in [0.25, 0.3) is 5.91 Å². The first-order chi connectivity index (χ1) is 9.08. The molecular weight excluding hydrogens is 268 g/mol. The van der Waals surface area contributed by atoms with E-state index in [0.717, 1.165) is 11.4 Å². The smallest absolute Gasteiger partial charge is 0.308 e. The summed E-state index contributed by atoms with van der Waals surface area (Å²) in [5.74, 6) is -1.78. The summed E-state index contributed by atoms with van der Waals surface area (Å²) in [6.45, 7) is 2.40. The van der Waals surface area contributed by atoms with E-state index in [2.05, 4.69) is 10.3 Å². The van der Waals surface area contributed by atoms with Gasteiger partial charge in [0.15, 0.2) is 0 Å². The van der Waals surface area contributed by atoms with Crippen LogP contribution < -0.4 is 5.32 Å². The molecule has 1 aromatic rings. The van der Waals surface area contributed by atoms with E-state index in [1.165, 1.54) is 11.3 Å². The lowest BCUT2D eigenvalue weighted by Crippen LogP contribution is -2.33. The third-order valence-electron chi connectivity index (χ3n) is 2.55. The molecule has 2 N–H and O–H groups in total.